The van der Waals surface area contributed by atoms with Crippen molar-refractivity contribution in [1.29, 1.82) is 0 Å². The number of amides is 1. The molecule has 2 aliphatic carbocycles. The van der Waals surface area contributed by atoms with Crippen LogP contribution < -0.4 is 9.46 Å². The van der Waals surface area contributed by atoms with E-state index in [1.165, 1.54) is 24.8 Å². The standard InChI is InChI=1S/C31H36N2O5S/c1-30(2,3)39(36,37)32-29(35)20-10-12-23-26(14-20)33-17-31(18-34)16-25(31)24-15-21(38-4)11-13-22(24)28(33)27(23)19-8-6-5-7-9-19/h10-15,18-19,25H,5-9,16-17H2,1-4H3,(H,32,35). The fourth-order valence-corrected chi connectivity index (χ4v) is 7.33. The van der Waals surface area contributed by atoms with Gasteiger partial charge in [0, 0.05) is 28.6 Å². The lowest BCUT2D eigenvalue weighted by Crippen LogP contribution is -2.42. The van der Waals surface area contributed by atoms with Crippen LogP contribution in [0.15, 0.2) is 36.4 Å². The van der Waals surface area contributed by atoms with E-state index < -0.39 is 26.1 Å². The number of ether oxygens (including phenoxy) is 1. The topological polar surface area (TPSA) is 94.5 Å². The second-order valence-electron chi connectivity index (χ2n) is 12.5. The molecule has 1 aromatic heterocycles. The fourth-order valence-electron chi connectivity index (χ4n) is 6.66. The molecule has 2 saturated carbocycles. The molecule has 1 aliphatic heterocycles. The zero-order valence-electron chi connectivity index (χ0n) is 23.0. The normalized spacial score (nSPS) is 22.8. The molecule has 0 saturated heterocycles. The van der Waals surface area contributed by atoms with E-state index in [0.29, 0.717) is 12.5 Å². The molecule has 7 nitrogen and oxygen atoms in total. The summed E-state index contributed by atoms with van der Waals surface area (Å²) >= 11 is 0. The van der Waals surface area contributed by atoms with E-state index in [4.69, 9.17) is 4.74 Å². The van der Waals surface area contributed by atoms with Crippen molar-refractivity contribution in [1.82, 2.24) is 9.29 Å². The molecular formula is C31H36N2O5S. The molecule has 39 heavy (non-hydrogen) atoms. The van der Waals surface area contributed by atoms with Crippen LogP contribution in [0.1, 0.15) is 92.6 Å². The lowest BCUT2D eigenvalue weighted by molar-refractivity contribution is -0.112. The third-order valence-electron chi connectivity index (χ3n) is 9.11. The Bertz CT molecular complexity index is 1610. The van der Waals surface area contributed by atoms with Crippen LogP contribution in [-0.4, -0.2) is 37.0 Å². The molecule has 1 amide bonds. The zero-order chi connectivity index (χ0) is 27.7. The zero-order valence-corrected chi connectivity index (χ0v) is 23.9. The number of hydrogen-bond acceptors (Lipinski definition) is 5. The van der Waals surface area contributed by atoms with Crippen LogP contribution in [0.4, 0.5) is 0 Å². The maximum absolute atomic E-state index is 13.2. The van der Waals surface area contributed by atoms with Crippen molar-refractivity contribution in [2.75, 3.05) is 7.11 Å². The van der Waals surface area contributed by atoms with Gasteiger partial charge in [-0.15, -0.1) is 0 Å². The van der Waals surface area contributed by atoms with E-state index in [2.05, 4.69) is 21.4 Å². The number of sulfonamides is 1. The van der Waals surface area contributed by atoms with Crippen LogP contribution in [0, 0.1) is 5.41 Å². The Hall–Kier alpha value is -3.13. The van der Waals surface area contributed by atoms with E-state index in [1.54, 1.807) is 33.9 Å². The number of rotatable bonds is 5. The summed E-state index contributed by atoms with van der Waals surface area (Å²) in [6.45, 7) is 5.22. The van der Waals surface area contributed by atoms with Crippen LogP contribution in [-0.2, 0) is 21.4 Å². The summed E-state index contributed by atoms with van der Waals surface area (Å²) < 4.78 is 34.4. The molecule has 2 aromatic carbocycles. The molecule has 206 valence electrons. The van der Waals surface area contributed by atoms with Gasteiger partial charge in [-0.2, -0.15) is 0 Å². The summed E-state index contributed by atoms with van der Waals surface area (Å²) in [5, 5.41) is 1.08. The lowest BCUT2D eigenvalue weighted by atomic mass is 9.81. The minimum atomic E-state index is -3.86. The van der Waals surface area contributed by atoms with Crippen molar-refractivity contribution in [3.8, 4) is 17.0 Å². The van der Waals surface area contributed by atoms with Crippen molar-refractivity contribution in [2.45, 2.75) is 82.4 Å². The first kappa shape index (κ1) is 26.1. The first-order valence-corrected chi connectivity index (χ1v) is 15.4. The van der Waals surface area contributed by atoms with Gasteiger partial charge in [0.15, 0.2) is 0 Å². The Balaban J connectivity index is 1.58. The third-order valence-corrected chi connectivity index (χ3v) is 11.2. The first-order chi connectivity index (χ1) is 18.5. The van der Waals surface area contributed by atoms with Gasteiger partial charge >= 0.3 is 0 Å². The second-order valence-corrected chi connectivity index (χ2v) is 15.0. The largest absolute Gasteiger partial charge is 0.497 e. The molecule has 0 spiro atoms. The van der Waals surface area contributed by atoms with Gasteiger partial charge in [-0.3, -0.25) is 4.79 Å². The van der Waals surface area contributed by atoms with E-state index in [0.717, 1.165) is 59.0 Å². The maximum atomic E-state index is 13.2. The Labute approximate surface area is 230 Å². The van der Waals surface area contributed by atoms with Crippen LogP contribution in [0.25, 0.3) is 22.2 Å². The summed E-state index contributed by atoms with van der Waals surface area (Å²) in [5.41, 5.74) is 5.35. The van der Waals surface area contributed by atoms with Crippen molar-refractivity contribution in [2.24, 2.45) is 5.41 Å². The number of nitrogens with zero attached hydrogens (tertiary/aromatic N) is 1. The van der Waals surface area contributed by atoms with Crippen LogP contribution in [0.2, 0.25) is 0 Å². The average Bonchev–Trinajstić information content (AvgIpc) is 3.57. The van der Waals surface area contributed by atoms with E-state index in [9.17, 15) is 18.0 Å². The minimum Gasteiger partial charge on any atom is -0.497 e. The number of aromatic nitrogens is 1. The molecule has 3 aromatic rings. The Morgan fingerprint density at radius 1 is 1.10 bits per heavy atom. The second kappa shape index (κ2) is 8.95. The van der Waals surface area contributed by atoms with Gasteiger partial charge in [0.1, 0.15) is 12.0 Å². The summed E-state index contributed by atoms with van der Waals surface area (Å²) in [4.78, 5) is 25.7. The van der Waals surface area contributed by atoms with Crippen LogP contribution in [0.5, 0.6) is 5.75 Å². The molecular weight excluding hydrogens is 512 g/mol. The molecule has 0 radical (unpaired) electrons. The molecule has 2 fully saturated rings. The highest BCUT2D eigenvalue weighted by molar-refractivity contribution is 7.91. The predicted octanol–water partition coefficient (Wildman–Crippen LogP) is 5.91. The number of nitrogens with one attached hydrogen (secondary N) is 1. The van der Waals surface area contributed by atoms with E-state index >= 15 is 0 Å². The quantitative estimate of drug-likeness (QED) is 0.400. The number of methoxy groups -OCH3 is 1. The number of benzene rings is 2. The Morgan fingerprint density at radius 3 is 2.51 bits per heavy atom. The van der Waals surface area contributed by atoms with E-state index in [-0.39, 0.29) is 11.5 Å². The van der Waals surface area contributed by atoms with Crippen LogP contribution >= 0.6 is 0 Å². The summed E-state index contributed by atoms with van der Waals surface area (Å²) in [5.74, 6) is 0.644. The molecule has 3 aliphatic rings. The molecule has 8 heteroatoms. The van der Waals surface area contributed by atoms with Crippen LogP contribution in [0.3, 0.4) is 0 Å². The fraction of sp³-hybridized carbons (Fsp3) is 0.484. The van der Waals surface area contributed by atoms with E-state index in [1.807, 2.05) is 18.2 Å². The summed E-state index contributed by atoms with van der Waals surface area (Å²) in [6.07, 6.45) is 7.68. The monoisotopic (exact) mass is 548 g/mol. The van der Waals surface area contributed by atoms with Gasteiger partial charge in [0.2, 0.25) is 10.0 Å². The third kappa shape index (κ3) is 4.10. The average molecular weight is 549 g/mol. The van der Waals surface area contributed by atoms with Crippen molar-refractivity contribution < 1.29 is 22.7 Å². The number of hydrogen-bond donors (Lipinski definition) is 1. The van der Waals surface area contributed by atoms with Gasteiger partial charge in [0.05, 0.1) is 23.0 Å². The van der Waals surface area contributed by atoms with Gasteiger partial charge in [-0.25, -0.2) is 13.1 Å². The summed E-state index contributed by atoms with van der Waals surface area (Å²) in [6, 6.07) is 11.7. The highest BCUT2D eigenvalue weighted by Gasteiger charge is 2.58. The molecule has 1 N–H and O–H groups in total. The number of fused-ring (bicyclic) bond motifs is 7. The smallest absolute Gasteiger partial charge is 0.264 e. The van der Waals surface area contributed by atoms with Gasteiger partial charge in [-0.1, -0.05) is 25.3 Å². The SMILES string of the molecule is COc1ccc2c(c1)C1CC1(C=O)Cn1c-2c(C2CCCCC2)c2ccc(C(=O)NS(=O)(=O)C(C)(C)C)cc21. The molecule has 2 atom stereocenters. The number of aldehydes is 1. The van der Waals surface area contributed by atoms with Gasteiger partial charge in [-0.05, 0) is 93.3 Å². The first-order valence-electron chi connectivity index (χ1n) is 13.9. The Kier molecular flexibility index (Phi) is 5.99. The van der Waals surface area contributed by atoms with Crippen molar-refractivity contribution in [3.63, 3.8) is 0 Å². The molecule has 0 bridgehead atoms. The molecule has 2 heterocycles. The van der Waals surface area contributed by atoms with Gasteiger partial charge in [0.25, 0.3) is 5.91 Å². The minimum absolute atomic E-state index is 0.123. The number of carbonyl (C=O) groups excluding carboxylic acids is 2. The Morgan fingerprint density at radius 2 is 1.85 bits per heavy atom. The highest BCUT2D eigenvalue weighted by atomic mass is 32.2. The predicted molar refractivity (Wildman–Crippen MR) is 152 cm³/mol. The number of carbonyl (C=O) groups is 2. The highest BCUT2D eigenvalue weighted by Crippen LogP contribution is 2.64. The molecule has 2 unspecified atom stereocenters. The summed E-state index contributed by atoms with van der Waals surface area (Å²) in [7, 11) is -2.20. The van der Waals surface area contributed by atoms with Crippen molar-refractivity contribution in [3.05, 3.63) is 53.1 Å². The lowest BCUT2D eigenvalue weighted by Gasteiger charge is -2.24. The van der Waals surface area contributed by atoms with Crippen molar-refractivity contribution >= 4 is 33.1 Å². The maximum Gasteiger partial charge on any atom is 0.264 e. The molecule has 6 rings (SSSR count). The van der Waals surface area contributed by atoms with Gasteiger partial charge < -0.3 is 14.1 Å².